The van der Waals surface area contributed by atoms with E-state index < -0.39 is 17.5 Å². The number of benzene rings is 2. The number of thiazole rings is 1. The number of hydrogen-bond acceptors (Lipinski definition) is 7. The van der Waals surface area contributed by atoms with Crippen molar-refractivity contribution in [2.75, 3.05) is 23.7 Å². The van der Waals surface area contributed by atoms with Crippen LogP contribution in [0.15, 0.2) is 60.9 Å². The number of aryl methyl sites for hydroxylation is 2. The van der Waals surface area contributed by atoms with Crippen LogP contribution in [0.5, 0.6) is 0 Å². The molecule has 3 N–H and O–H groups in total. The Labute approximate surface area is 232 Å². The highest BCUT2D eigenvalue weighted by molar-refractivity contribution is 7.15. The van der Waals surface area contributed by atoms with Crippen molar-refractivity contribution >= 4 is 34.7 Å². The minimum atomic E-state index is -4.57. The van der Waals surface area contributed by atoms with E-state index in [4.69, 9.17) is 0 Å². The van der Waals surface area contributed by atoms with Gasteiger partial charge in [-0.05, 0) is 60.9 Å². The zero-order chi connectivity index (χ0) is 28.5. The van der Waals surface area contributed by atoms with Gasteiger partial charge in [-0.1, -0.05) is 18.2 Å². The molecule has 1 aliphatic heterocycles. The molecule has 0 unspecified atom stereocenters. The highest BCUT2D eigenvalue weighted by Crippen LogP contribution is 2.39. The number of likely N-dealkylation sites (tertiary alicyclic amines) is 1. The predicted molar refractivity (Wildman–Crippen MR) is 148 cm³/mol. The normalized spacial score (nSPS) is 15.1. The SMILES string of the molecule is Cc1cccc(NC(=O)N2CCC(O)(c3ncc(-c4cc(C)cc(Nc5nccc(C(F)(F)F)n5)c4)s3)CC2)c1. The van der Waals surface area contributed by atoms with Gasteiger partial charge in [-0.3, -0.25) is 0 Å². The van der Waals surface area contributed by atoms with Crippen LogP contribution in [0.2, 0.25) is 0 Å². The van der Waals surface area contributed by atoms with Gasteiger partial charge in [0.1, 0.15) is 16.3 Å². The van der Waals surface area contributed by atoms with Gasteiger partial charge in [-0.25, -0.2) is 19.7 Å². The predicted octanol–water partition coefficient (Wildman–Crippen LogP) is 6.49. The summed E-state index contributed by atoms with van der Waals surface area (Å²) in [6.07, 6.45) is -1.16. The Hall–Kier alpha value is -4.03. The lowest BCUT2D eigenvalue weighted by Crippen LogP contribution is -2.46. The molecule has 2 aromatic heterocycles. The molecule has 0 atom stereocenters. The van der Waals surface area contributed by atoms with Gasteiger partial charge in [0, 0.05) is 49.7 Å². The minimum absolute atomic E-state index is 0.163. The fraction of sp³-hybridized carbons (Fsp3) is 0.286. The smallest absolute Gasteiger partial charge is 0.383 e. The van der Waals surface area contributed by atoms with Gasteiger partial charge in [-0.15, -0.1) is 11.3 Å². The average molecular weight is 569 g/mol. The van der Waals surface area contributed by atoms with E-state index in [-0.39, 0.29) is 12.0 Å². The number of carbonyl (C=O) groups excluding carboxylic acids is 1. The second-order valence-corrected chi connectivity index (χ2v) is 10.9. The molecular weight excluding hydrogens is 541 g/mol. The van der Waals surface area contributed by atoms with Crippen LogP contribution in [0, 0.1) is 13.8 Å². The van der Waals surface area contributed by atoms with Crippen LogP contribution in [-0.4, -0.2) is 44.1 Å². The molecule has 5 rings (SSSR count). The van der Waals surface area contributed by atoms with Crippen LogP contribution >= 0.6 is 11.3 Å². The van der Waals surface area contributed by atoms with Crippen molar-refractivity contribution in [3.63, 3.8) is 0 Å². The molecule has 3 heterocycles. The third-order valence-electron chi connectivity index (χ3n) is 6.61. The van der Waals surface area contributed by atoms with Crippen molar-refractivity contribution in [1.29, 1.82) is 0 Å². The first-order valence-electron chi connectivity index (χ1n) is 12.6. The lowest BCUT2D eigenvalue weighted by Gasteiger charge is -2.36. The van der Waals surface area contributed by atoms with Crippen LogP contribution in [-0.2, 0) is 11.8 Å². The van der Waals surface area contributed by atoms with Crippen LogP contribution in [0.4, 0.5) is 35.3 Å². The van der Waals surface area contributed by atoms with Crippen LogP contribution in [0.1, 0.15) is 34.7 Å². The number of nitrogens with one attached hydrogen (secondary N) is 2. The fourth-order valence-corrected chi connectivity index (χ4v) is 5.59. The number of anilines is 3. The highest BCUT2D eigenvalue weighted by Gasteiger charge is 2.38. The molecule has 12 heteroatoms. The molecule has 0 radical (unpaired) electrons. The Balaban J connectivity index is 1.27. The first-order chi connectivity index (χ1) is 19.0. The van der Waals surface area contributed by atoms with Gasteiger partial charge in [0.25, 0.3) is 0 Å². The number of aromatic nitrogens is 3. The summed E-state index contributed by atoms with van der Waals surface area (Å²) in [7, 11) is 0. The molecular formula is C28H27F3N6O2S. The number of rotatable bonds is 5. The quantitative estimate of drug-likeness (QED) is 0.254. The molecule has 4 aromatic rings. The van der Waals surface area contributed by atoms with Crippen molar-refractivity contribution in [2.45, 2.75) is 38.5 Å². The molecule has 208 valence electrons. The summed E-state index contributed by atoms with van der Waals surface area (Å²) in [5, 5.41) is 17.7. The lowest BCUT2D eigenvalue weighted by atomic mass is 9.92. The van der Waals surface area contributed by atoms with E-state index in [1.165, 1.54) is 11.3 Å². The zero-order valence-electron chi connectivity index (χ0n) is 21.8. The number of amides is 2. The van der Waals surface area contributed by atoms with Crippen molar-refractivity contribution in [3.8, 4) is 10.4 Å². The number of hydrogen-bond donors (Lipinski definition) is 3. The highest BCUT2D eigenvalue weighted by atomic mass is 32.1. The standard InChI is InChI=1S/C28H27F3N6O2S/c1-17-4-3-5-20(13-17)35-26(38)37-10-7-27(39,8-11-37)24-33-16-22(40-24)19-12-18(2)14-21(15-19)34-25-32-9-6-23(36-25)28(29,30)31/h3-6,9,12-16,39H,7-8,10-11H2,1-2H3,(H,35,38)(H,32,34,36). The first-order valence-corrected chi connectivity index (χ1v) is 13.4. The number of aliphatic hydroxyl groups is 1. The van der Waals surface area contributed by atoms with Crippen molar-refractivity contribution in [1.82, 2.24) is 19.9 Å². The maximum Gasteiger partial charge on any atom is 0.433 e. The Morgan fingerprint density at radius 3 is 2.50 bits per heavy atom. The van der Waals surface area contributed by atoms with Crippen LogP contribution < -0.4 is 10.6 Å². The molecule has 1 fully saturated rings. The molecule has 0 spiro atoms. The topological polar surface area (TPSA) is 103 Å². The summed E-state index contributed by atoms with van der Waals surface area (Å²) in [4.78, 5) is 27.2. The van der Waals surface area contributed by atoms with Crippen LogP contribution in [0.25, 0.3) is 10.4 Å². The molecule has 8 nitrogen and oxygen atoms in total. The van der Waals surface area contributed by atoms with E-state index in [0.717, 1.165) is 39.5 Å². The number of carbonyl (C=O) groups is 1. The second-order valence-electron chi connectivity index (χ2n) is 9.82. The fourth-order valence-electron chi connectivity index (χ4n) is 4.55. The molecule has 0 bridgehead atoms. The summed E-state index contributed by atoms with van der Waals surface area (Å²) in [6, 6.07) is 13.7. The van der Waals surface area contributed by atoms with Gasteiger partial charge >= 0.3 is 12.2 Å². The maximum atomic E-state index is 13.0. The third-order valence-corrected chi connectivity index (χ3v) is 7.85. The molecule has 2 amide bonds. The summed E-state index contributed by atoms with van der Waals surface area (Å²) >= 11 is 1.35. The Morgan fingerprint density at radius 2 is 1.77 bits per heavy atom. The molecule has 1 saturated heterocycles. The number of halogens is 3. The molecule has 40 heavy (non-hydrogen) atoms. The number of piperidine rings is 1. The number of urea groups is 1. The van der Waals surface area contributed by atoms with E-state index in [2.05, 4.69) is 25.6 Å². The summed E-state index contributed by atoms with van der Waals surface area (Å²) in [5.74, 6) is -0.163. The van der Waals surface area contributed by atoms with E-state index >= 15 is 0 Å². The van der Waals surface area contributed by atoms with Crippen LogP contribution in [0.3, 0.4) is 0 Å². The van der Waals surface area contributed by atoms with E-state index in [1.807, 2.05) is 44.2 Å². The lowest BCUT2D eigenvalue weighted by molar-refractivity contribution is -0.141. The maximum absolute atomic E-state index is 13.0. The molecule has 0 saturated carbocycles. The van der Waals surface area contributed by atoms with Crippen molar-refractivity contribution in [3.05, 3.63) is 82.8 Å². The van der Waals surface area contributed by atoms with E-state index in [1.54, 1.807) is 23.2 Å². The number of alkyl halides is 3. The third kappa shape index (κ3) is 6.23. The molecule has 1 aliphatic rings. The molecule has 2 aromatic carbocycles. The Bertz CT molecular complexity index is 1530. The van der Waals surface area contributed by atoms with Gasteiger partial charge < -0.3 is 20.6 Å². The van der Waals surface area contributed by atoms with E-state index in [9.17, 15) is 23.1 Å². The minimum Gasteiger partial charge on any atom is -0.383 e. The second kappa shape index (κ2) is 10.9. The largest absolute Gasteiger partial charge is 0.433 e. The Kier molecular flexibility index (Phi) is 7.47. The summed E-state index contributed by atoms with van der Waals surface area (Å²) in [5.41, 5.74) is 1.76. The van der Waals surface area contributed by atoms with E-state index in [0.29, 0.717) is 36.6 Å². The van der Waals surface area contributed by atoms with Gasteiger partial charge in [-0.2, -0.15) is 13.2 Å². The van der Waals surface area contributed by atoms with Gasteiger partial charge in [0.15, 0.2) is 0 Å². The Morgan fingerprint density at radius 1 is 1.02 bits per heavy atom. The molecule has 0 aliphatic carbocycles. The summed E-state index contributed by atoms with van der Waals surface area (Å²) in [6.45, 7) is 4.57. The summed E-state index contributed by atoms with van der Waals surface area (Å²) < 4.78 is 39.1. The van der Waals surface area contributed by atoms with Crippen molar-refractivity contribution < 1.29 is 23.1 Å². The first kappa shape index (κ1) is 27.5. The van der Waals surface area contributed by atoms with Crippen molar-refractivity contribution in [2.24, 2.45) is 0 Å². The van der Waals surface area contributed by atoms with Gasteiger partial charge in [0.05, 0.1) is 4.88 Å². The van der Waals surface area contributed by atoms with Gasteiger partial charge in [0.2, 0.25) is 5.95 Å². The zero-order valence-corrected chi connectivity index (χ0v) is 22.6. The monoisotopic (exact) mass is 568 g/mol. The number of nitrogens with zero attached hydrogens (tertiary/aromatic N) is 4. The average Bonchev–Trinajstić information content (AvgIpc) is 3.40.